The minimum absolute atomic E-state index is 0.102. The molecule has 0 spiro atoms. The first-order valence-corrected chi connectivity index (χ1v) is 5.85. The highest BCUT2D eigenvalue weighted by atomic mass is 35.5. The van der Waals surface area contributed by atoms with Crippen LogP contribution in [0.4, 0.5) is 11.4 Å². The highest BCUT2D eigenvalue weighted by Crippen LogP contribution is 2.32. The van der Waals surface area contributed by atoms with Crippen LogP contribution < -0.4 is 0 Å². The van der Waals surface area contributed by atoms with Crippen LogP contribution in [0.3, 0.4) is 0 Å². The third kappa shape index (κ3) is 3.04. The molecule has 2 aromatic carbocycles. The molecule has 2 N–H and O–H groups in total. The highest BCUT2D eigenvalue weighted by Gasteiger charge is 2.17. The van der Waals surface area contributed by atoms with Gasteiger partial charge in [0, 0.05) is 22.9 Å². The Kier molecular flexibility index (Phi) is 3.86. The summed E-state index contributed by atoms with van der Waals surface area (Å²) < 4.78 is 0. The van der Waals surface area contributed by atoms with E-state index < -0.39 is 16.4 Å². The molecule has 0 heterocycles. The summed E-state index contributed by atoms with van der Waals surface area (Å²) in [6, 6.07) is 8.45. The minimum atomic E-state index is -0.723. The van der Waals surface area contributed by atoms with Gasteiger partial charge in [-0.2, -0.15) is 0 Å². The average molecular weight is 293 g/mol. The van der Waals surface area contributed by atoms with Gasteiger partial charge in [-0.25, -0.2) is 0 Å². The number of halogens is 1. The summed E-state index contributed by atoms with van der Waals surface area (Å²) in [6.07, 6.45) is 1.26. The third-order valence-corrected chi connectivity index (χ3v) is 2.70. The fourth-order valence-electron chi connectivity index (χ4n) is 1.53. The molecular weight excluding hydrogens is 284 g/mol. The van der Waals surface area contributed by atoms with Gasteiger partial charge in [-0.05, 0) is 30.3 Å². The largest absolute Gasteiger partial charge is 0.508 e. The van der Waals surface area contributed by atoms with Crippen molar-refractivity contribution >= 4 is 29.2 Å². The molecule has 0 bridgehead atoms. The summed E-state index contributed by atoms with van der Waals surface area (Å²) in [5, 5.41) is 29.8. The first-order valence-electron chi connectivity index (χ1n) is 5.47. The summed E-state index contributed by atoms with van der Waals surface area (Å²) in [5.41, 5.74) is 0.173. The SMILES string of the molecule is O=[N+]([O-])c1cc(Cl)cc(C=Nc2ccc(O)cc2)c1O. The van der Waals surface area contributed by atoms with Crippen molar-refractivity contribution in [2.45, 2.75) is 0 Å². The van der Waals surface area contributed by atoms with Gasteiger partial charge in [0.2, 0.25) is 5.75 Å². The van der Waals surface area contributed by atoms with Gasteiger partial charge < -0.3 is 10.2 Å². The van der Waals surface area contributed by atoms with Crippen LogP contribution in [0.5, 0.6) is 11.5 Å². The lowest BCUT2D eigenvalue weighted by Gasteiger charge is -2.01. The Labute approximate surface area is 118 Å². The summed E-state index contributed by atoms with van der Waals surface area (Å²) in [6.45, 7) is 0. The van der Waals surface area contributed by atoms with E-state index >= 15 is 0 Å². The van der Waals surface area contributed by atoms with Gasteiger partial charge in [0.15, 0.2) is 0 Å². The Bertz CT molecular complexity index is 684. The average Bonchev–Trinajstić information content (AvgIpc) is 2.41. The zero-order valence-electron chi connectivity index (χ0n) is 10.0. The van der Waals surface area contributed by atoms with Gasteiger partial charge in [-0.15, -0.1) is 0 Å². The van der Waals surface area contributed by atoms with E-state index in [-0.39, 0.29) is 16.3 Å². The Morgan fingerprint density at radius 1 is 1.20 bits per heavy atom. The number of phenolic OH excluding ortho intramolecular Hbond substituents is 2. The van der Waals surface area contributed by atoms with Gasteiger partial charge >= 0.3 is 5.69 Å². The Morgan fingerprint density at radius 2 is 1.85 bits per heavy atom. The van der Waals surface area contributed by atoms with Crippen LogP contribution in [0.25, 0.3) is 0 Å². The quantitative estimate of drug-likeness (QED) is 0.515. The zero-order chi connectivity index (χ0) is 14.7. The highest BCUT2D eigenvalue weighted by molar-refractivity contribution is 6.31. The standard InChI is InChI=1S/C13H9ClN2O4/c14-9-5-8(13(18)12(6-9)16(19)20)7-15-10-1-3-11(17)4-2-10/h1-7,17-18H. The zero-order valence-corrected chi connectivity index (χ0v) is 10.8. The molecule has 0 saturated carbocycles. The van der Waals surface area contributed by atoms with E-state index in [0.717, 1.165) is 6.07 Å². The number of nitro groups is 1. The van der Waals surface area contributed by atoms with Crippen LogP contribution in [0.2, 0.25) is 5.02 Å². The van der Waals surface area contributed by atoms with Crippen LogP contribution >= 0.6 is 11.6 Å². The molecule has 2 aromatic rings. The molecule has 0 saturated heterocycles. The van der Waals surface area contributed by atoms with E-state index in [9.17, 15) is 15.2 Å². The van der Waals surface area contributed by atoms with Gasteiger partial charge in [-0.3, -0.25) is 15.1 Å². The van der Waals surface area contributed by atoms with Crippen LogP contribution in [0.15, 0.2) is 41.4 Å². The van der Waals surface area contributed by atoms with Crippen molar-refractivity contribution in [2.24, 2.45) is 4.99 Å². The number of nitrogens with zero attached hydrogens (tertiary/aromatic N) is 2. The van der Waals surface area contributed by atoms with E-state index in [2.05, 4.69) is 4.99 Å². The number of hydrogen-bond acceptors (Lipinski definition) is 5. The molecule has 20 heavy (non-hydrogen) atoms. The van der Waals surface area contributed by atoms with Gasteiger partial charge in [-0.1, -0.05) is 11.6 Å². The number of hydrogen-bond donors (Lipinski definition) is 2. The molecule has 0 aliphatic heterocycles. The number of aliphatic imine (C=N–C) groups is 1. The molecule has 0 radical (unpaired) electrons. The number of benzene rings is 2. The maximum atomic E-state index is 10.8. The molecule has 0 atom stereocenters. The van der Waals surface area contributed by atoms with E-state index in [4.69, 9.17) is 16.7 Å². The Morgan fingerprint density at radius 3 is 2.45 bits per heavy atom. The molecule has 0 aliphatic carbocycles. The maximum absolute atomic E-state index is 10.8. The second-order valence-electron chi connectivity index (χ2n) is 3.89. The van der Waals surface area contributed by atoms with Crippen LogP contribution in [0, 0.1) is 10.1 Å². The first-order chi connectivity index (χ1) is 9.47. The molecule has 0 fully saturated rings. The van der Waals surface area contributed by atoms with Crippen LogP contribution in [-0.2, 0) is 0 Å². The van der Waals surface area contributed by atoms with Crippen molar-refractivity contribution < 1.29 is 15.1 Å². The normalized spacial score (nSPS) is 10.8. The van der Waals surface area contributed by atoms with Crippen molar-refractivity contribution in [2.75, 3.05) is 0 Å². The fraction of sp³-hybridized carbons (Fsp3) is 0. The first kappa shape index (κ1) is 13.8. The Hall–Kier alpha value is -2.60. The predicted octanol–water partition coefficient (Wildman–Crippen LogP) is 3.41. The fourth-order valence-corrected chi connectivity index (χ4v) is 1.75. The molecule has 0 unspecified atom stereocenters. The van der Waals surface area contributed by atoms with Gasteiger partial charge in [0.05, 0.1) is 10.6 Å². The monoisotopic (exact) mass is 292 g/mol. The number of rotatable bonds is 3. The second kappa shape index (κ2) is 5.58. The van der Waals surface area contributed by atoms with Crippen molar-refractivity contribution in [1.29, 1.82) is 0 Å². The molecular formula is C13H9ClN2O4. The van der Waals surface area contributed by atoms with Crippen molar-refractivity contribution in [3.05, 3.63) is 57.1 Å². The molecule has 0 aliphatic rings. The van der Waals surface area contributed by atoms with E-state index in [1.54, 1.807) is 12.1 Å². The smallest absolute Gasteiger partial charge is 0.312 e. The molecule has 102 valence electrons. The minimum Gasteiger partial charge on any atom is -0.508 e. The number of phenols is 2. The van der Waals surface area contributed by atoms with E-state index in [1.807, 2.05) is 0 Å². The lowest BCUT2D eigenvalue weighted by atomic mass is 10.2. The molecule has 2 rings (SSSR count). The van der Waals surface area contributed by atoms with E-state index in [1.165, 1.54) is 24.4 Å². The lowest BCUT2D eigenvalue weighted by Crippen LogP contribution is -1.92. The third-order valence-electron chi connectivity index (χ3n) is 2.48. The number of nitro benzene ring substituents is 1. The van der Waals surface area contributed by atoms with Crippen molar-refractivity contribution in [1.82, 2.24) is 0 Å². The predicted molar refractivity (Wildman–Crippen MR) is 75.1 cm³/mol. The molecule has 0 aromatic heterocycles. The van der Waals surface area contributed by atoms with Crippen LogP contribution in [0.1, 0.15) is 5.56 Å². The van der Waals surface area contributed by atoms with E-state index in [0.29, 0.717) is 5.69 Å². The Balaban J connectivity index is 2.38. The second-order valence-corrected chi connectivity index (χ2v) is 4.33. The molecule has 0 amide bonds. The molecule has 6 nitrogen and oxygen atoms in total. The summed E-state index contributed by atoms with van der Waals surface area (Å²) >= 11 is 5.76. The topological polar surface area (TPSA) is 96.0 Å². The summed E-state index contributed by atoms with van der Waals surface area (Å²) in [4.78, 5) is 14.1. The van der Waals surface area contributed by atoms with Crippen molar-refractivity contribution in [3.8, 4) is 11.5 Å². The van der Waals surface area contributed by atoms with Gasteiger partial charge in [0.25, 0.3) is 0 Å². The lowest BCUT2D eigenvalue weighted by molar-refractivity contribution is -0.385. The maximum Gasteiger partial charge on any atom is 0.312 e. The van der Waals surface area contributed by atoms with Crippen molar-refractivity contribution in [3.63, 3.8) is 0 Å². The molecule has 7 heteroatoms. The summed E-state index contributed by atoms with van der Waals surface area (Å²) in [5.74, 6) is -0.396. The number of aromatic hydroxyl groups is 2. The van der Waals surface area contributed by atoms with Gasteiger partial charge in [0.1, 0.15) is 5.75 Å². The summed E-state index contributed by atoms with van der Waals surface area (Å²) in [7, 11) is 0. The van der Waals surface area contributed by atoms with Crippen LogP contribution in [-0.4, -0.2) is 21.4 Å².